The average Bonchev–Trinajstić information content (AvgIpc) is 1.95. The molecule has 82 valence electrons. The van der Waals surface area contributed by atoms with E-state index in [-0.39, 0.29) is 6.42 Å². The van der Waals surface area contributed by atoms with E-state index in [0.717, 1.165) is 0 Å². The average molecular weight is 226 g/mol. The summed E-state index contributed by atoms with van der Waals surface area (Å²) in [5, 5.41) is 15.1. The van der Waals surface area contributed by atoms with Crippen LogP contribution in [0.4, 0.5) is 0 Å². The van der Waals surface area contributed by atoms with Crippen molar-refractivity contribution >= 4 is 22.1 Å². The predicted molar refractivity (Wildman–Crippen MR) is 44.4 cm³/mol. The highest BCUT2D eigenvalue weighted by Crippen LogP contribution is 2.16. The van der Waals surface area contributed by atoms with Crippen LogP contribution in [-0.4, -0.2) is 40.4 Å². The molecule has 0 amide bonds. The number of hydrogen-bond acceptors (Lipinski definition) is 4. The SMILES string of the molecule is CCC(C(C(=O)O)C(=O)O)S(=O)(=O)O. The molecule has 0 aliphatic heterocycles. The number of carboxylic acids is 2. The molecule has 0 bridgehead atoms. The summed E-state index contributed by atoms with van der Waals surface area (Å²) in [4.78, 5) is 20.9. The lowest BCUT2D eigenvalue weighted by molar-refractivity contribution is -0.154. The Labute approximate surface area is 80.1 Å². The maximum atomic E-state index is 10.6. The number of carbonyl (C=O) groups is 2. The molecule has 0 aromatic heterocycles. The van der Waals surface area contributed by atoms with E-state index in [1.54, 1.807) is 0 Å². The van der Waals surface area contributed by atoms with Gasteiger partial charge in [0.25, 0.3) is 10.1 Å². The fraction of sp³-hybridized carbons (Fsp3) is 0.667. The summed E-state index contributed by atoms with van der Waals surface area (Å²) in [6.07, 6.45) is -0.290. The van der Waals surface area contributed by atoms with Crippen molar-refractivity contribution in [3.05, 3.63) is 0 Å². The second-order valence-electron chi connectivity index (χ2n) is 2.62. The largest absolute Gasteiger partial charge is 0.481 e. The van der Waals surface area contributed by atoms with Crippen LogP contribution in [0.3, 0.4) is 0 Å². The van der Waals surface area contributed by atoms with Gasteiger partial charge in [0, 0.05) is 0 Å². The Bertz CT molecular complexity index is 316. The van der Waals surface area contributed by atoms with E-state index >= 15 is 0 Å². The standard InChI is InChI=1S/C6H10O7S/c1-2-3(14(11,12)13)4(5(7)8)6(9)10/h3-4H,2H2,1H3,(H,7,8)(H,9,10)(H,11,12,13). The normalized spacial score (nSPS) is 13.9. The maximum Gasteiger partial charge on any atom is 0.319 e. The first-order valence-electron chi connectivity index (χ1n) is 3.63. The molecule has 0 fully saturated rings. The molecule has 1 atom stereocenters. The molecule has 0 heterocycles. The Morgan fingerprint density at radius 2 is 1.57 bits per heavy atom. The quantitative estimate of drug-likeness (QED) is 0.423. The number of aliphatic carboxylic acids is 2. The van der Waals surface area contributed by atoms with Gasteiger partial charge in [-0.05, 0) is 6.42 Å². The summed E-state index contributed by atoms with van der Waals surface area (Å²) >= 11 is 0. The first kappa shape index (κ1) is 12.8. The van der Waals surface area contributed by atoms with Crippen LogP contribution in [0.5, 0.6) is 0 Å². The summed E-state index contributed by atoms with van der Waals surface area (Å²) in [6.45, 7) is 1.28. The minimum atomic E-state index is -4.67. The summed E-state index contributed by atoms with van der Waals surface area (Å²) in [5.74, 6) is -5.72. The van der Waals surface area contributed by atoms with Crippen molar-refractivity contribution in [1.82, 2.24) is 0 Å². The van der Waals surface area contributed by atoms with Gasteiger partial charge in [-0.1, -0.05) is 6.92 Å². The summed E-state index contributed by atoms with van der Waals surface area (Å²) in [6, 6.07) is 0. The Hall–Kier alpha value is -1.15. The third-order valence-corrected chi connectivity index (χ3v) is 3.06. The molecule has 0 rings (SSSR count). The monoisotopic (exact) mass is 226 g/mol. The lowest BCUT2D eigenvalue weighted by Crippen LogP contribution is -2.39. The molecule has 14 heavy (non-hydrogen) atoms. The fourth-order valence-electron chi connectivity index (χ4n) is 1.04. The first-order valence-corrected chi connectivity index (χ1v) is 5.14. The van der Waals surface area contributed by atoms with Crippen molar-refractivity contribution in [3.63, 3.8) is 0 Å². The lowest BCUT2D eigenvalue weighted by Gasteiger charge is -2.15. The molecule has 1 unspecified atom stereocenters. The van der Waals surface area contributed by atoms with Crippen LogP contribution in [0.15, 0.2) is 0 Å². The molecule has 0 saturated heterocycles. The Morgan fingerprint density at radius 1 is 1.21 bits per heavy atom. The van der Waals surface area contributed by atoms with Crippen LogP contribution in [0.1, 0.15) is 13.3 Å². The zero-order valence-electron chi connectivity index (χ0n) is 7.24. The summed E-state index contributed by atoms with van der Waals surface area (Å²) in [5.41, 5.74) is 0. The van der Waals surface area contributed by atoms with Gasteiger partial charge in [0.15, 0.2) is 5.92 Å². The maximum absolute atomic E-state index is 10.6. The van der Waals surface area contributed by atoms with E-state index < -0.39 is 33.2 Å². The fourth-order valence-corrected chi connectivity index (χ4v) is 2.04. The van der Waals surface area contributed by atoms with Crippen molar-refractivity contribution in [3.8, 4) is 0 Å². The van der Waals surface area contributed by atoms with Crippen LogP contribution in [-0.2, 0) is 19.7 Å². The minimum Gasteiger partial charge on any atom is -0.481 e. The van der Waals surface area contributed by atoms with Crippen LogP contribution >= 0.6 is 0 Å². The molecular weight excluding hydrogens is 216 g/mol. The van der Waals surface area contributed by atoms with Crippen LogP contribution < -0.4 is 0 Å². The highest BCUT2D eigenvalue weighted by atomic mass is 32.2. The van der Waals surface area contributed by atoms with Gasteiger partial charge in [0.2, 0.25) is 0 Å². The van der Waals surface area contributed by atoms with Gasteiger partial charge in [-0.3, -0.25) is 14.1 Å². The Kier molecular flexibility index (Phi) is 4.02. The van der Waals surface area contributed by atoms with Gasteiger partial charge in [0.05, 0.1) is 0 Å². The van der Waals surface area contributed by atoms with Crippen molar-refractivity contribution in [2.24, 2.45) is 5.92 Å². The second-order valence-corrected chi connectivity index (χ2v) is 4.25. The van der Waals surface area contributed by atoms with E-state index in [1.165, 1.54) is 6.92 Å². The van der Waals surface area contributed by atoms with Gasteiger partial charge >= 0.3 is 11.9 Å². The molecule has 0 aromatic rings. The van der Waals surface area contributed by atoms with E-state index in [1.807, 2.05) is 0 Å². The molecule has 0 aliphatic rings. The predicted octanol–water partition coefficient (Wildman–Crippen LogP) is -0.562. The summed E-state index contributed by atoms with van der Waals surface area (Å²) in [7, 11) is -4.67. The van der Waals surface area contributed by atoms with Gasteiger partial charge in [-0.25, -0.2) is 0 Å². The van der Waals surface area contributed by atoms with Crippen LogP contribution in [0, 0.1) is 5.92 Å². The molecular formula is C6H10O7S. The zero-order chi connectivity index (χ0) is 11.5. The minimum absolute atomic E-state index is 0.290. The molecule has 0 radical (unpaired) electrons. The topological polar surface area (TPSA) is 129 Å². The molecule has 0 spiro atoms. The van der Waals surface area contributed by atoms with E-state index in [9.17, 15) is 18.0 Å². The highest BCUT2D eigenvalue weighted by Gasteiger charge is 2.41. The molecule has 0 aliphatic carbocycles. The van der Waals surface area contributed by atoms with Crippen LogP contribution in [0.25, 0.3) is 0 Å². The Morgan fingerprint density at radius 3 is 1.64 bits per heavy atom. The number of rotatable bonds is 5. The molecule has 7 nitrogen and oxygen atoms in total. The van der Waals surface area contributed by atoms with Crippen molar-refractivity contribution in [1.29, 1.82) is 0 Å². The van der Waals surface area contributed by atoms with Crippen molar-refractivity contribution in [2.45, 2.75) is 18.6 Å². The van der Waals surface area contributed by atoms with E-state index in [4.69, 9.17) is 14.8 Å². The number of hydrogen-bond donors (Lipinski definition) is 3. The van der Waals surface area contributed by atoms with E-state index in [0.29, 0.717) is 0 Å². The van der Waals surface area contributed by atoms with Gasteiger partial charge < -0.3 is 10.2 Å². The molecule has 3 N–H and O–H groups in total. The van der Waals surface area contributed by atoms with Gasteiger partial charge in [0.1, 0.15) is 5.25 Å². The molecule has 0 aromatic carbocycles. The Balaban J connectivity index is 5.18. The van der Waals surface area contributed by atoms with Crippen LogP contribution in [0.2, 0.25) is 0 Å². The molecule has 0 saturated carbocycles. The molecule has 8 heteroatoms. The first-order chi connectivity index (χ1) is 6.21. The van der Waals surface area contributed by atoms with Gasteiger partial charge in [-0.15, -0.1) is 0 Å². The third kappa shape index (κ3) is 2.96. The van der Waals surface area contributed by atoms with Crippen molar-refractivity contribution < 1.29 is 32.8 Å². The van der Waals surface area contributed by atoms with Gasteiger partial charge in [-0.2, -0.15) is 8.42 Å². The van der Waals surface area contributed by atoms with Crippen molar-refractivity contribution in [2.75, 3.05) is 0 Å². The third-order valence-electron chi connectivity index (χ3n) is 1.69. The smallest absolute Gasteiger partial charge is 0.319 e. The number of carboxylic acid groups (broad SMARTS) is 2. The lowest BCUT2D eigenvalue weighted by atomic mass is 10.0. The highest BCUT2D eigenvalue weighted by molar-refractivity contribution is 7.86. The van der Waals surface area contributed by atoms with E-state index in [2.05, 4.69) is 0 Å². The zero-order valence-corrected chi connectivity index (χ0v) is 8.06. The summed E-state index contributed by atoms with van der Waals surface area (Å²) < 4.78 is 29.9. The second kappa shape index (κ2) is 4.38.